The summed E-state index contributed by atoms with van der Waals surface area (Å²) in [6, 6.07) is 13.8. The molecule has 1 aliphatic rings. The molecule has 1 atom stereocenters. The first-order valence-corrected chi connectivity index (χ1v) is 9.91. The van der Waals surface area contributed by atoms with Crippen LogP contribution in [-0.4, -0.2) is 34.8 Å². The van der Waals surface area contributed by atoms with Crippen molar-refractivity contribution in [1.29, 1.82) is 0 Å². The lowest BCUT2D eigenvalue weighted by Crippen LogP contribution is -2.34. The van der Waals surface area contributed by atoms with E-state index in [2.05, 4.69) is 13.8 Å². The minimum absolute atomic E-state index is 0.0164. The molecule has 0 aromatic heterocycles. The van der Waals surface area contributed by atoms with Gasteiger partial charge in [0.05, 0.1) is 4.90 Å². The summed E-state index contributed by atoms with van der Waals surface area (Å²) in [4.78, 5) is 16.6. The summed E-state index contributed by atoms with van der Waals surface area (Å²) in [6.07, 6.45) is 0. The maximum absolute atomic E-state index is 12.5. The van der Waals surface area contributed by atoms with E-state index in [0.29, 0.717) is 28.1 Å². The Morgan fingerprint density at radius 2 is 1.88 bits per heavy atom. The largest absolute Gasteiger partial charge is 0.397 e. The smallest absolute Gasteiger partial charge is 0.324 e. The average Bonchev–Trinajstić information content (AvgIpc) is 2.95. The number of benzene rings is 2. The molecule has 0 bridgehead atoms. The van der Waals surface area contributed by atoms with Gasteiger partial charge < -0.3 is 9.08 Å². The van der Waals surface area contributed by atoms with E-state index in [9.17, 15) is 9.00 Å². The number of carbonyl (C=O) groups is 1. The molecule has 1 saturated heterocycles. The minimum atomic E-state index is -1.65. The van der Waals surface area contributed by atoms with Gasteiger partial charge in [-0.1, -0.05) is 31.5 Å². The second-order valence-corrected chi connectivity index (χ2v) is 8.09. The predicted molar refractivity (Wildman–Crippen MR) is 104 cm³/mol. The van der Waals surface area contributed by atoms with Gasteiger partial charge in [0.25, 0.3) is 0 Å². The summed E-state index contributed by atoms with van der Waals surface area (Å²) in [7, 11) is 0. The number of hydrogen-bond donors (Lipinski definition) is 0. The van der Waals surface area contributed by atoms with Gasteiger partial charge in [-0.3, -0.25) is 4.90 Å². The fourth-order valence-corrected chi connectivity index (χ4v) is 3.74. The number of halogens is 1. The fourth-order valence-electron chi connectivity index (χ4n) is 2.82. The third-order valence-electron chi connectivity index (χ3n) is 3.99. The molecule has 1 heterocycles. The van der Waals surface area contributed by atoms with Crippen molar-refractivity contribution in [3.63, 3.8) is 0 Å². The normalized spacial score (nSPS) is 15.6. The van der Waals surface area contributed by atoms with Crippen LogP contribution in [0.2, 0.25) is 5.02 Å². The van der Waals surface area contributed by atoms with E-state index in [1.54, 1.807) is 53.4 Å². The molecule has 0 N–H and O–H groups in total. The summed E-state index contributed by atoms with van der Waals surface area (Å²) in [5.74, 6) is 0.881. The van der Waals surface area contributed by atoms with Crippen molar-refractivity contribution in [3.05, 3.63) is 53.6 Å². The Morgan fingerprint density at radius 1 is 1.15 bits per heavy atom. The first kappa shape index (κ1) is 18.7. The third kappa shape index (κ3) is 4.37. The lowest BCUT2D eigenvalue weighted by Gasteiger charge is -2.20. The van der Waals surface area contributed by atoms with E-state index in [-0.39, 0.29) is 6.03 Å². The van der Waals surface area contributed by atoms with E-state index in [1.165, 1.54) is 0 Å². The number of amides is 2. The van der Waals surface area contributed by atoms with Crippen LogP contribution in [0.4, 0.5) is 10.5 Å². The Hall–Kier alpha value is -2.05. The Morgan fingerprint density at radius 3 is 2.54 bits per heavy atom. The molecule has 7 heteroatoms. The molecule has 2 aromatic rings. The molecule has 138 valence electrons. The van der Waals surface area contributed by atoms with Gasteiger partial charge in [0.1, 0.15) is 5.75 Å². The van der Waals surface area contributed by atoms with Crippen LogP contribution in [0.25, 0.3) is 0 Å². The number of carbonyl (C=O) groups excluding carboxylic acids is 1. The second-order valence-electron chi connectivity index (χ2n) is 6.54. The van der Waals surface area contributed by atoms with E-state index < -0.39 is 11.1 Å². The highest BCUT2D eigenvalue weighted by molar-refractivity contribution is 7.80. The van der Waals surface area contributed by atoms with E-state index in [4.69, 9.17) is 15.8 Å². The van der Waals surface area contributed by atoms with Crippen molar-refractivity contribution in [1.82, 2.24) is 4.90 Å². The van der Waals surface area contributed by atoms with Crippen LogP contribution in [0.3, 0.4) is 0 Å². The topological polar surface area (TPSA) is 49.9 Å². The van der Waals surface area contributed by atoms with Gasteiger partial charge in [0, 0.05) is 36.4 Å². The van der Waals surface area contributed by atoms with Crippen molar-refractivity contribution in [2.45, 2.75) is 18.7 Å². The number of nitrogens with zero attached hydrogens (tertiary/aromatic N) is 2. The molecule has 1 unspecified atom stereocenters. The van der Waals surface area contributed by atoms with Crippen LogP contribution in [0, 0.1) is 5.92 Å². The van der Waals surface area contributed by atoms with Gasteiger partial charge >= 0.3 is 6.03 Å². The first-order valence-electron chi connectivity index (χ1n) is 8.46. The molecule has 2 amide bonds. The maximum atomic E-state index is 12.5. The molecule has 3 rings (SSSR count). The SMILES string of the molecule is CC(C)CN1CCN(c2ccc(S(=O)Oc3cccc(Cl)c3)cc2)C1=O. The Bertz CT molecular complexity index is 811. The highest BCUT2D eigenvalue weighted by Gasteiger charge is 2.29. The lowest BCUT2D eigenvalue weighted by atomic mass is 10.2. The Balaban J connectivity index is 1.67. The fraction of sp³-hybridized carbons (Fsp3) is 0.316. The standard InChI is InChI=1S/C19H21ClN2O3S/c1-14(2)13-21-10-11-22(19(21)23)16-6-8-18(9-7-16)26(24)25-17-5-3-4-15(20)12-17/h3-9,12,14H,10-11,13H2,1-2H3. The van der Waals surface area contributed by atoms with Crippen molar-refractivity contribution in [2.75, 3.05) is 24.5 Å². The summed E-state index contributed by atoms with van der Waals surface area (Å²) in [5, 5.41) is 0.522. The quantitative estimate of drug-likeness (QED) is 0.734. The van der Waals surface area contributed by atoms with Gasteiger partial charge in [-0.2, -0.15) is 0 Å². The van der Waals surface area contributed by atoms with Gasteiger partial charge in [-0.15, -0.1) is 0 Å². The summed E-state index contributed by atoms with van der Waals surface area (Å²) in [6.45, 7) is 6.33. The highest BCUT2D eigenvalue weighted by atomic mass is 35.5. The second kappa shape index (κ2) is 8.10. The van der Waals surface area contributed by atoms with Crippen LogP contribution < -0.4 is 9.08 Å². The van der Waals surface area contributed by atoms with Crippen molar-refractivity contribution in [3.8, 4) is 5.75 Å². The van der Waals surface area contributed by atoms with Crippen LogP contribution in [-0.2, 0) is 11.1 Å². The minimum Gasteiger partial charge on any atom is -0.397 e. The zero-order valence-electron chi connectivity index (χ0n) is 14.7. The van der Waals surface area contributed by atoms with Crippen molar-refractivity contribution >= 4 is 34.4 Å². The molecular formula is C19H21ClN2O3S. The van der Waals surface area contributed by atoms with Gasteiger partial charge in [0.15, 0.2) is 0 Å². The summed E-state index contributed by atoms with van der Waals surface area (Å²) in [5.41, 5.74) is 0.796. The van der Waals surface area contributed by atoms with Crippen LogP contribution >= 0.6 is 11.6 Å². The van der Waals surface area contributed by atoms with E-state index >= 15 is 0 Å². The molecule has 0 radical (unpaired) electrons. The monoisotopic (exact) mass is 392 g/mol. The van der Waals surface area contributed by atoms with E-state index in [1.807, 2.05) is 4.90 Å². The van der Waals surface area contributed by atoms with E-state index in [0.717, 1.165) is 18.8 Å². The average molecular weight is 393 g/mol. The highest BCUT2D eigenvalue weighted by Crippen LogP contribution is 2.24. The predicted octanol–water partition coefficient (Wildman–Crippen LogP) is 4.34. The summed E-state index contributed by atoms with van der Waals surface area (Å²) >= 11 is 4.26. The maximum Gasteiger partial charge on any atom is 0.324 e. The summed E-state index contributed by atoms with van der Waals surface area (Å²) < 4.78 is 17.8. The van der Waals surface area contributed by atoms with Gasteiger partial charge in [-0.25, -0.2) is 9.00 Å². The molecule has 5 nitrogen and oxygen atoms in total. The zero-order chi connectivity index (χ0) is 18.7. The zero-order valence-corrected chi connectivity index (χ0v) is 16.3. The molecule has 0 aliphatic carbocycles. The Labute approximate surface area is 161 Å². The molecule has 2 aromatic carbocycles. The number of hydrogen-bond acceptors (Lipinski definition) is 3. The number of anilines is 1. The molecule has 1 aliphatic heterocycles. The van der Waals surface area contributed by atoms with Crippen molar-refractivity contribution in [2.24, 2.45) is 5.92 Å². The molecular weight excluding hydrogens is 372 g/mol. The Kier molecular flexibility index (Phi) is 5.84. The van der Waals surface area contributed by atoms with Crippen LogP contribution in [0.5, 0.6) is 5.75 Å². The van der Waals surface area contributed by atoms with Crippen LogP contribution in [0.1, 0.15) is 13.8 Å². The molecule has 1 fully saturated rings. The molecule has 0 spiro atoms. The van der Waals surface area contributed by atoms with Gasteiger partial charge in [0.2, 0.25) is 11.1 Å². The third-order valence-corrected chi connectivity index (χ3v) is 5.23. The van der Waals surface area contributed by atoms with Crippen molar-refractivity contribution < 1.29 is 13.2 Å². The van der Waals surface area contributed by atoms with Gasteiger partial charge in [-0.05, 0) is 42.3 Å². The van der Waals surface area contributed by atoms with Crippen LogP contribution in [0.15, 0.2) is 53.4 Å². The number of urea groups is 1. The number of rotatable bonds is 6. The molecule has 26 heavy (non-hydrogen) atoms. The first-order chi connectivity index (χ1) is 12.4. The molecule has 0 saturated carbocycles. The lowest BCUT2D eigenvalue weighted by molar-refractivity contribution is 0.215.